The first-order valence-corrected chi connectivity index (χ1v) is 10.3. The highest BCUT2D eigenvalue weighted by Crippen LogP contribution is 2.37. The molecule has 8 nitrogen and oxygen atoms in total. The second-order valence-corrected chi connectivity index (χ2v) is 7.56. The molecule has 0 aliphatic carbocycles. The van der Waals surface area contributed by atoms with E-state index in [9.17, 15) is 4.79 Å². The Morgan fingerprint density at radius 1 is 1.03 bits per heavy atom. The second kappa shape index (κ2) is 8.57. The van der Waals surface area contributed by atoms with Crippen LogP contribution in [0.2, 0.25) is 0 Å². The van der Waals surface area contributed by atoms with E-state index in [1.165, 1.54) is 11.8 Å². The van der Waals surface area contributed by atoms with Crippen molar-refractivity contribution in [2.24, 2.45) is 0 Å². The van der Waals surface area contributed by atoms with Gasteiger partial charge in [0.2, 0.25) is 5.76 Å². The van der Waals surface area contributed by atoms with Crippen LogP contribution >= 0.6 is 11.8 Å². The fourth-order valence-corrected chi connectivity index (χ4v) is 3.86. The summed E-state index contributed by atoms with van der Waals surface area (Å²) in [7, 11) is 0. The van der Waals surface area contributed by atoms with E-state index in [0.717, 1.165) is 4.90 Å². The van der Waals surface area contributed by atoms with Gasteiger partial charge in [-0.05, 0) is 42.5 Å². The second-order valence-electron chi connectivity index (χ2n) is 6.50. The molecule has 3 aromatic heterocycles. The van der Waals surface area contributed by atoms with Crippen LogP contribution in [0.5, 0.6) is 11.5 Å². The van der Waals surface area contributed by atoms with Crippen LogP contribution in [-0.2, 0) is 11.3 Å². The third-order valence-corrected chi connectivity index (χ3v) is 5.40. The van der Waals surface area contributed by atoms with Crippen LogP contribution < -0.4 is 9.47 Å². The molecule has 1 aliphatic rings. The van der Waals surface area contributed by atoms with Crippen LogP contribution in [0.4, 0.5) is 0 Å². The predicted molar refractivity (Wildman–Crippen MR) is 109 cm³/mol. The zero-order chi connectivity index (χ0) is 21.0. The molecule has 0 bridgehead atoms. The molecule has 0 amide bonds. The summed E-state index contributed by atoms with van der Waals surface area (Å²) in [6.45, 7) is 1.00. The molecule has 0 atom stereocenters. The minimum absolute atomic E-state index is 0.0356. The lowest BCUT2D eigenvalue weighted by Crippen LogP contribution is -2.15. The average molecular weight is 436 g/mol. The molecule has 0 radical (unpaired) electrons. The highest BCUT2D eigenvalue weighted by molar-refractivity contribution is 7.99. The van der Waals surface area contributed by atoms with Crippen molar-refractivity contribution in [3.05, 3.63) is 72.2 Å². The van der Waals surface area contributed by atoms with Crippen molar-refractivity contribution in [1.29, 1.82) is 0 Å². The van der Waals surface area contributed by atoms with Crippen LogP contribution in [0.3, 0.4) is 0 Å². The van der Waals surface area contributed by atoms with Gasteiger partial charge < -0.3 is 23.2 Å². The summed E-state index contributed by atoms with van der Waals surface area (Å²) in [5, 5.41) is 4.44. The van der Waals surface area contributed by atoms with E-state index in [1.807, 2.05) is 18.2 Å². The molecule has 0 fully saturated rings. The molecule has 0 N–H and O–H groups in total. The van der Waals surface area contributed by atoms with Gasteiger partial charge in [-0.2, -0.15) is 0 Å². The lowest BCUT2D eigenvalue weighted by atomic mass is 10.3. The van der Waals surface area contributed by atoms with Gasteiger partial charge in [0.15, 0.2) is 17.3 Å². The van der Waals surface area contributed by atoms with Gasteiger partial charge >= 0.3 is 5.97 Å². The van der Waals surface area contributed by atoms with Crippen LogP contribution in [0.25, 0.3) is 11.5 Å². The first-order valence-electron chi connectivity index (χ1n) is 9.45. The van der Waals surface area contributed by atoms with E-state index < -0.39 is 5.97 Å². The van der Waals surface area contributed by atoms with Crippen molar-refractivity contribution < 1.29 is 27.9 Å². The molecule has 4 aromatic rings. The Morgan fingerprint density at radius 2 is 1.94 bits per heavy atom. The van der Waals surface area contributed by atoms with Crippen molar-refractivity contribution in [3.8, 4) is 23.0 Å². The van der Waals surface area contributed by atoms with Crippen molar-refractivity contribution in [2.45, 2.75) is 16.5 Å². The standard InChI is InChI=1S/C22H16N2O6S/c25-22(29-13-14-11-20(30-24-14)17-4-2-8-26-17)16-3-1-7-23-21(16)31-15-5-6-18-19(12-15)28-10-9-27-18/h1-8,11-12H,9-10,13H2. The maximum absolute atomic E-state index is 12.7. The normalized spacial score (nSPS) is 12.5. The molecule has 0 saturated carbocycles. The van der Waals surface area contributed by atoms with E-state index in [-0.39, 0.29) is 6.61 Å². The summed E-state index contributed by atoms with van der Waals surface area (Å²) in [6, 6.07) is 14.2. The summed E-state index contributed by atoms with van der Waals surface area (Å²) in [5.41, 5.74) is 0.835. The molecule has 0 unspecified atom stereocenters. The number of aromatic nitrogens is 2. The number of carbonyl (C=O) groups excluding carboxylic acids is 1. The van der Waals surface area contributed by atoms with Crippen molar-refractivity contribution in [1.82, 2.24) is 10.1 Å². The van der Waals surface area contributed by atoms with Gasteiger partial charge in [-0.1, -0.05) is 16.9 Å². The minimum atomic E-state index is -0.504. The quantitative estimate of drug-likeness (QED) is 0.401. The Kier molecular flexibility index (Phi) is 5.32. The zero-order valence-electron chi connectivity index (χ0n) is 16.1. The van der Waals surface area contributed by atoms with Gasteiger partial charge in [0.25, 0.3) is 0 Å². The number of hydrogen-bond acceptors (Lipinski definition) is 9. The van der Waals surface area contributed by atoms with Crippen molar-refractivity contribution in [2.75, 3.05) is 13.2 Å². The Hall–Kier alpha value is -3.72. The highest BCUT2D eigenvalue weighted by Gasteiger charge is 2.18. The number of esters is 1. The topological polar surface area (TPSA) is 96.8 Å². The number of pyridine rings is 1. The third kappa shape index (κ3) is 4.26. The summed E-state index contributed by atoms with van der Waals surface area (Å²) in [5.74, 6) is 1.89. The maximum Gasteiger partial charge on any atom is 0.341 e. The van der Waals surface area contributed by atoms with Gasteiger partial charge in [-0.15, -0.1) is 0 Å². The fourth-order valence-electron chi connectivity index (χ4n) is 2.96. The fraction of sp³-hybridized carbons (Fsp3) is 0.136. The Labute approximate surface area is 181 Å². The summed E-state index contributed by atoms with van der Waals surface area (Å²) in [4.78, 5) is 17.9. The number of benzene rings is 1. The molecule has 0 saturated heterocycles. The highest BCUT2D eigenvalue weighted by atomic mass is 32.2. The number of ether oxygens (including phenoxy) is 3. The lowest BCUT2D eigenvalue weighted by Gasteiger charge is -2.18. The number of hydrogen-bond donors (Lipinski definition) is 0. The minimum Gasteiger partial charge on any atom is -0.486 e. The van der Waals surface area contributed by atoms with Crippen LogP contribution in [0.15, 0.2) is 79.9 Å². The van der Waals surface area contributed by atoms with E-state index in [0.29, 0.717) is 52.5 Å². The van der Waals surface area contributed by atoms with Crippen molar-refractivity contribution >= 4 is 17.7 Å². The monoisotopic (exact) mass is 436 g/mol. The molecular formula is C22H16N2O6S. The first-order chi connectivity index (χ1) is 15.3. The molecule has 31 heavy (non-hydrogen) atoms. The summed E-state index contributed by atoms with van der Waals surface area (Å²) >= 11 is 1.35. The van der Waals surface area contributed by atoms with Gasteiger partial charge in [-0.3, -0.25) is 0 Å². The Balaban J connectivity index is 1.28. The first kappa shape index (κ1) is 19.3. The van der Waals surface area contributed by atoms with E-state index in [1.54, 1.807) is 42.8 Å². The molecule has 1 aromatic carbocycles. The zero-order valence-corrected chi connectivity index (χ0v) is 17.0. The average Bonchev–Trinajstić information content (AvgIpc) is 3.50. The third-order valence-electron chi connectivity index (χ3n) is 4.39. The Morgan fingerprint density at radius 3 is 2.81 bits per heavy atom. The molecule has 9 heteroatoms. The number of nitrogens with zero attached hydrogens (tertiary/aromatic N) is 2. The van der Waals surface area contributed by atoms with E-state index in [2.05, 4.69) is 10.1 Å². The predicted octanol–water partition coefficient (Wildman–Crippen LogP) is 4.61. The van der Waals surface area contributed by atoms with E-state index in [4.69, 9.17) is 23.2 Å². The van der Waals surface area contributed by atoms with Crippen LogP contribution in [0, 0.1) is 0 Å². The SMILES string of the molecule is O=C(OCc1cc(-c2ccco2)on1)c1cccnc1Sc1ccc2c(c1)OCCO2. The number of rotatable bonds is 6. The number of fused-ring (bicyclic) bond motifs is 1. The smallest absolute Gasteiger partial charge is 0.341 e. The molecule has 4 heterocycles. The molecule has 5 rings (SSSR count). The summed E-state index contributed by atoms with van der Waals surface area (Å²) in [6.07, 6.45) is 3.17. The van der Waals surface area contributed by atoms with Gasteiger partial charge in [0.05, 0.1) is 11.8 Å². The maximum atomic E-state index is 12.7. The van der Waals surface area contributed by atoms with Crippen LogP contribution in [-0.4, -0.2) is 29.3 Å². The molecular weight excluding hydrogens is 420 g/mol. The molecule has 1 aliphatic heterocycles. The number of furan rings is 1. The molecule has 0 spiro atoms. The summed E-state index contributed by atoms with van der Waals surface area (Å²) < 4.78 is 27.1. The largest absolute Gasteiger partial charge is 0.486 e. The van der Waals surface area contributed by atoms with Gasteiger partial charge in [0, 0.05) is 17.2 Å². The van der Waals surface area contributed by atoms with E-state index >= 15 is 0 Å². The molecule has 156 valence electrons. The van der Waals surface area contributed by atoms with Gasteiger partial charge in [-0.25, -0.2) is 9.78 Å². The Bertz CT molecular complexity index is 1200. The lowest BCUT2D eigenvalue weighted by molar-refractivity contribution is 0.0459. The number of carbonyl (C=O) groups is 1. The van der Waals surface area contributed by atoms with Crippen LogP contribution in [0.1, 0.15) is 16.1 Å². The van der Waals surface area contributed by atoms with Gasteiger partial charge in [0.1, 0.15) is 30.5 Å². The van der Waals surface area contributed by atoms with Crippen molar-refractivity contribution in [3.63, 3.8) is 0 Å².